The van der Waals surface area contributed by atoms with E-state index in [1.807, 2.05) is 32.0 Å². The number of amides is 2. The van der Waals surface area contributed by atoms with Crippen molar-refractivity contribution >= 4 is 11.7 Å². The second-order valence-corrected chi connectivity index (χ2v) is 7.45. The average molecular weight is 345 g/mol. The van der Waals surface area contributed by atoms with Gasteiger partial charge in [-0.3, -0.25) is 4.90 Å². The molecule has 2 saturated heterocycles. The van der Waals surface area contributed by atoms with Crippen molar-refractivity contribution in [3.05, 3.63) is 29.3 Å². The van der Waals surface area contributed by atoms with Gasteiger partial charge in [0.1, 0.15) is 0 Å². The fourth-order valence-corrected chi connectivity index (χ4v) is 4.05. The van der Waals surface area contributed by atoms with Crippen molar-refractivity contribution < 1.29 is 9.53 Å². The van der Waals surface area contributed by atoms with Crippen molar-refractivity contribution in [1.82, 2.24) is 10.2 Å². The molecular formula is C20H31N3O2. The van der Waals surface area contributed by atoms with Gasteiger partial charge in [-0.25, -0.2) is 4.79 Å². The van der Waals surface area contributed by atoms with Crippen LogP contribution < -0.4 is 10.6 Å². The number of aryl methyl sites for hydroxylation is 2. The Bertz CT molecular complexity index is 564. The van der Waals surface area contributed by atoms with Gasteiger partial charge in [-0.1, -0.05) is 18.2 Å². The lowest BCUT2D eigenvalue weighted by Gasteiger charge is -2.40. The maximum absolute atomic E-state index is 12.3. The number of hydrogen-bond acceptors (Lipinski definition) is 3. The Balaban J connectivity index is 1.46. The summed E-state index contributed by atoms with van der Waals surface area (Å²) in [7, 11) is 0. The summed E-state index contributed by atoms with van der Waals surface area (Å²) >= 11 is 0. The van der Waals surface area contributed by atoms with Crippen molar-refractivity contribution in [2.75, 3.05) is 38.2 Å². The van der Waals surface area contributed by atoms with Crippen LogP contribution in [0.5, 0.6) is 0 Å². The molecule has 0 radical (unpaired) electrons. The number of likely N-dealkylation sites (tertiary alicyclic amines) is 1. The molecule has 2 heterocycles. The minimum absolute atomic E-state index is 0.0967. The van der Waals surface area contributed by atoms with Crippen LogP contribution in [-0.4, -0.2) is 49.8 Å². The molecule has 2 fully saturated rings. The topological polar surface area (TPSA) is 53.6 Å². The average Bonchev–Trinajstić information content (AvgIpc) is 2.64. The quantitative estimate of drug-likeness (QED) is 0.880. The van der Waals surface area contributed by atoms with Gasteiger partial charge in [0.05, 0.1) is 0 Å². The van der Waals surface area contributed by atoms with Crippen molar-refractivity contribution in [2.45, 2.75) is 45.6 Å². The minimum atomic E-state index is -0.0967. The standard InChI is InChI=1S/C20H31N3O2/c1-15-5-3-6-16(2)19(15)22-20(24)21-13-17-7-4-10-23(14-17)18-8-11-25-12-9-18/h3,5-6,17-18H,4,7-14H2,1-2H3,(H2,21,22,24). The van der Waals surface area contributed by atoms with Crippen molar-refractivity contribution in [2.24, 2.45) is 5.92 Å². The normalized spacial score (nSPS) is 22.6. The van der Waals surface area contributed by atoms with Crippen molar-refractivity contribution in [3.63, 3.8) is 0 Å². The number of rotatable bonds is 4. The first-order valence-corrected chi connectivity index (χ1v) is 9.56. The summed E-state index contributed by atoms with van der Waals surface area (Å²) in [5, 5.41) is 6.09. The van der Waals surface area contributed by atoms with E-state index < -0.39 is 0 Å². The molecule has 2 aliphatic heterocycles. The first kappa shape index (κ1) is 18.2. The van der Waals surface area contributed by atoms with Gasteiger partial charge >= 0.3 is 6.03 Å². The third-order valence-corrected chi connectivity index (χ3v) is 5.53. The van der Waals surface area contributed by atoms with Crippen LogP contribution in [0.2, 0.25) is 0 Å². The molecule has 5 nitrogen and oxygen atoms in total. The second-order valence-electron chi connectivity index (χ2n) is 7.45. The number of urea groups is 1. The summed E-state index contributed by atoms with van der Waals surface area (Å²) < 4.78 is 5.48. The Morgan fingerprint density at radius 2 is 1.92 bits per heavy atom. The summed E-state index contributed by atoms with van der Waals surface area (Å²) in [5.74, 6) is 0.542. The molecule has 2 aliphatic rings. The molecule has 138 valence electrons. The highest BCUT2D eigenvalue weighted by atomic mass is 16.5. The highest BCUT2D eigenvalue weighted by molar-refractivity contribution is 5.90. The number of anilines is 1. The minimum Gasteiger partial charge on any atom is -0.381 e. The van der Waals surface area contributed by atoms with Crippen LogP contribution in [0.15, 0.2) is 18.2 Å². The smallest absolute Gasteiger partial charge is 0.319 e. The van der Waals surface area contributed by atoms with Gasteiger partial charge in [-0.05, 0) is 63.1 Å². The van der Waals surface area contributed by atoms with Crippen molar-refractivity contribution in [3.8, 4) is 0 Å². The largest absolute Gasteiger partial charge is 0.381 e. The zero-order valence-electron chi connectivity index (χ0n) is 15.5. The maximum Gasteiger partial charge on any atom is 0.319 e. The Kier molecular flexibility index (Phi) is 6.32. The van der Waals surface area contributed by atoms with E-state index in [4.69, 9.17) is 4.74 Å². The Labute approximate surface area is 151 Å². The molecule has 0 aliphatic carbocycles. The third kappa shape index (κ3) is 4.95. The van der Waals surface area contributed by atoms with E-state index in [0.717, 1.165) is 56.0 Å². The summed E-state index contributed by atoms with van der Waals surface area (Å²) in [4.78, 5) is 14.9. The SMILES string of the molecule is Cc1cccc(C)c1NC(=O)NCC1CCCN(C2CCOCC2)C1. The van der Waals surface area contributed by atoms with E-state index in [1.54, 1.807) is 0 Å². The predicted octanol–water partition coefficient (Wildman–Crippen LogP) is 3.32. The van der Waals surface area contributed by atoms with Crippen LogP contribution in [0.25, 0.3) is 0 Å². The number of nitrogens with zero attached hydrogens (tertiary/aromatic N) is 1. The van der Waals surface area contributed by atoms with Crippen LogP contribution in [0.3, 0.4) is 0 Å². The first-order chi connectivity index (χ1) is 12.1. The number of ether oxygens (including phenoxy) is 1. The zero-order chi connectivity index (χ0) is 17.6. The summed E-state index contributed by atoms with van der Waals surface area (Å²) in [6, 6.07) is 6.63. The molecule has 3 rings (SSSR count). The highest BCUT2D eigenvalue weighted by Gasteiger charge is 2.27. The summed E-state index contributed by atoms with van der Waals surface area (Å²) in [6.45, 7) is 8.86. The molecule has 2 amide bonds. The van der Waals surface area contributed by atoms with Gasteiger partial charge in [0.15, 0.2) is 0 Å². The van der Waals surface area contributed by atoms with E-state index >= 15 is 0 Å². The van der Waals surface area contributed by atoms with E-state index in [1.165, 1.54) is 19.4 Å². The molecule has 1 aromatic rings. The van der Waals surface area contributed by atoms with Crippen molar-refractivity contribution in [1.29, 1.82) is 0 Å². The molecule has 2 N–H and O–H groups in total. The van der Waals surface area contributed by atoms with E-state index in [-0.39, 0.29) is 6.03 Å². The lowest BCUT2D eigenvalue weighted by atomic mass is 9.95. The van der Waals surface area contributed by atoms with Gasteiger partial charge in [-0.15, -0.1) is 0 Å². The molecule has 0 saturated carbocycles. The molecule has 0 bridgehead atoms. The van der Waals surface area contributed by atoms with Crippen LogP contribution in [0.4, 0.5) is 10.5 Å². The number of hydrogen-bond donors (Lipinski definition) is 2. The van der Waals surface area contributed by atoms with Gasteiger partial charge in [0.25, 0.3) is 0 Å². The summed E-state index contributed by atoms with van der Waals surface area (Å²) in [5.41, 5.74) is 3.12. The number of para-hydroxylation sites is 1. The fraction of sp³-hybridized carbons (Fsp3) is 0.650. The summed E-state index contributed by atoms with van der Waals surface area (Å²) in [6.07, 6.45) is 4.71. The lowest BCUT2D eigenvalue weighted by Crippen LogP contribution is -2.47. The first-order valence-electron chi connectivity index (χ1n) is 9.56. The van der Waals surface area contributed by atoms with Crippen LogP contribution in [0.1, 0.15) is 36.8 Å². The Hall–Kier alpha value is -1.59. The molecule has 1 atom stereocenters. The molecule has 1 unspecified atom stereocenters. The van der Waals surface area contributed by atoms with Gasteiger partial charge < -0.3 is 15.4 Å². The molecular weight excluding hydrogens is 314 g/mol. The third-order valence-electron chi connectivity index (χ3n) is 5.53. The maximum atomic E-state index is 12.3. The van der Waals surface area contributed by atoms with Gasteiger partial charge in [0.2, 0.25) is 0 Å². The van der Waals surface area contributed by atoms with Gasteiger partial charge in [0, 0.05) is 38.0 Å². The molecule has 0 aromatic heterocycles. The Morgan fingerprint density at radius 1 is 1.20 bits per heavy atom. The number of piperidine rings is 1. The molecule has 0 spiro atoms. The zero-order valence-corrected chi connectivity index (χ0v) is 15.5. The fourth-order valence-electron chi connectivity index (χ4n) is 4.05. The number of benzene rings is 1. The Morgan fingerprint density at radius 3 is 2.64 bits per heavy atom. The molecule has 25 heavy (non-hydrogen) atoms. The van der Waals surface area contributed by atoms with E-state index in [9.17, 15) is 4.79 Å². The monoisotopic (exact) mass is 345 g/mol. The van der Waals surface area contributed by atoms with Crippen LogP contribution in [0, 0.1) is 19.8 Å². The predicted molar refractivity (Wildman–Crippen MR) is 101 cm³/mol. The number of carbonyl (C=O) groups is 1. The van der Waals surface area contributed by atoms with Gasteiger partial charge in [-0.2, -0.15) is 0 Å². The van der Waals surface area contributed by atoms with E-state index in [0.29, 0.717) is 12.0 Å². The van der Waals surface area contributed by atoms with Crippen LogP contribution in [-0.2, 0) is 4.74 Å². The van der Waals surface area contributed by atoms with E-state index in [2.05, 4.69) is 15.5 Å². The lowest BCUT2D eigenvalue weighted by molar-refractivity contribution is 0.0181. The number of carbonyl (C=O) groups excluding carboxylic acids is 1. The number of nitrogens with one attached hydrogen (secondary N) is 2. The van der Waals surface area contributed by atoms with Crippen LogP contribution >= 0.6 is 0 Å². The molecule has 5 heteroatoms. The highest BCUT2D eigenvalue weighted by Crippen LogP contribution is 2.23. The second kappa shape index (κ2) is 8.68. The molecule has 1 aromatic carbocycles.